The zero-order valence-electron chi connectivity index (χ0n) is 13.9. The maximum atomic E-state index is 13.9. The predicted octanol–water partition coefficient (Wildman–Crippen LogP) is 1.72. The first-order chi connectivity index (χ1) is 10.2. The van der Waals surface area contributed by atoms with Crippen LogP contribution in [0.5, 0.6) is 0 Å². The molecule has 22 heavy (non-hydrogen) atoms. The number of likely N-dealkylation sites (N-methyl/N-ethyl adjacent to an activating group) is 1. The molecule has 1 unspecified atom stereocenters. The number of rotatable bonds is 3. The third kappa shape index (κ3) is 4.05. The molecule has 1 atom stereocenters. The summed E-state index contributed by atoms with van der Waals surface area (Å²) in [7, 11) is 1.91. The monoisotopic (exact) mass is 307 g/mol. The van der Waals surface area contributed by atoms with Crippen LogP contribution in [0.15, 0.2) is 18.2 Å². The Bertz CT molecular complexity index is 553. The summed E-state index contributed by atoms with van der Waals surface area (Å²) in [5.41, 5.74) is 7.29. The summed E-state index contributed by atoms with van der Waals surface area (Å²) < 4.78 is 13.9. The quantitative estimate of drug-likeness (QED) is 0.925. The van der Waals surface area contributed by atoms with E-state index in [0.717, 1.165) is 24.2 Å². The first-order valence-corrected chi connectivity index (χ1v) is 7.68. The van der Waals surface area contributed by atoms with E-state index in [-0.39, 0.29) is 23.2 Å². The lowest BCUT2D eigenvalue weighted by molar-refractivity contribution is -0.125. The molecule has 1 amide bonds. The van der Waals surface area contributed by atoms with Gasteiger partial charge >= 0.3 is 0 Å². The zero-order chi connectivity index (χ0) is 16.5. The summed E-state index contributed by atoms with van der Waals surface area (Å²) >= 11 is 0. The van der Waals surface area contributed by atoms with Gasteiger partial charge in [-0.2, -0.15) is 0 Å². The Kier molecular flexibility index (Phi) is 4.87. The van der Waals surface area contributed by atoms with Gasteiger partial charge < -0.3 is 5.73 Å². The highest BCUT2D eigenvalue weighted by molar-refractivity contribution is 5.80. The third-order valence-electron chi connectivity index (χ3n) is 4.29. The Balaban J connectivity index is 2.14. The number of hydrogen-bond donors (Lipinski definition) is 1. The summed E-state index contributed by atoms with van der Waals surface area (Å²) in [4.78, 5) is 15.6. The van der Waals surface area contributed by atoms with E-state index >= 15 is 0 Å². The van der Waals surface area contributed by atoms with Crippen molar-refractivity contribution in [1.82, 2.24) is 9.80 Å². The fourth-order valence-corrected chi connectivity index (χ4v) is 2.81. The van der Waals surface area contributed by atoms with Crippen molar-refractivity contribution in [2.45, 2.75) is 38.8 Å². The van der Waals surface area contributed by atoms with Gasteiger partial charge in [0.05, 0.1) is 0 Å². The fourth-order valence-electron chi connectivity index (χ4n) is 2.81. The van der Waals surface area contributed by atoms with E-state index in [9.17, 15) is 9.18 Å². The topological polar surface area (TPSA) is 49.6 Å². The van der Waals surface area contributed by atoms with Gasteiger partial charge in [-0.15, -0.1) is 0 Å². The Morgan fingerprint density at radius 3 is 2.59 bits per heavy atom. The molecule has 1 aliphatic heterocycles. The minimum absolute atomic E-state index is 0.0886. The van der Waals surface area contributed by atoms with Crippen LogP contribution in [0.4, 0.5) is 4.39 Å². The summed E-state index contributed by atoms with van der Waals surface area (Å²) in [6.07, 6.45) is 0. The number of halogens is 1. The van der Waals surface area contributed by atoms with Crippen molar-refractivity contribution in [3.8, 4) is 0 Å². The summed E-state index contributed by atoms with van der Waals surface area (Å²) in [5, 5.41) is 0. The fraction of sp³-hybridized carbons (Fsp3) is 0.588. The van der Waals surface area contributed by atoms with E-state index in [1.807, 2.05) is 11.9 Å². The second-order valence-corrected chi connectivity index (χ2v) is 7.23. The van der Waals surface area contributed by atoms with Crippen LogP contribution in [0.25, 0.3) is 0 Å². The lowest BCUT2D eigenvalue weighted by Gasteiger charge is -2.37. The normalized spacial score (nSPS) is 21.0. The molecule has 1 saturated heterocycles. The van der Waals surface area contributed by atoms with Crippen molar-refractivity contribution >= 4 is 5.91 Å². The first-order valence-electron chi connectivity index (χ1n) is 7.68. The van der Waals surface area contributed by atoms with Gasteiger partial charge in [0, 0.05) is 26.2 Å². The molecule has 122 valence electrons. The maximum absolute atomic E-state index is 13.9. The van der Waals surface area contributed by atoms with Gasteiger partial charge in [-0.1, -0.05) is 26.8 Å². The standard InChI is InChI=1S/C17H26FN3O/c1-17(2,3)13-7-12(8-14(18)9-13)10-21-6-5-20(4)15(11-21)16(19)22/h7-9,15H,5-6,10-11H2,1-4H3,(H2,19,22). The highest BCUT2D eigenvalue weighted by atomic mass is 19.1. The molecule has 2 N–H and O–H groups in total. The molecule has 2 rings (SSSR count). The molecule has 0 spiro atoms. The van der Waals surface area contributed by atoms with E-state index in [1.54, 1.807) is 12.1 Å². The van der Waals surface area contributed by atoms with Crippen molar-refractivity contribution < 1.29 is 9.18 Å². The van der Waals surface area contributed by atoms with Gasteiger partial charge in [0.15, 0.2) is 0 Å². The molecule has 0 aromatic heterocycles. The van der Waals surface area contributed by atoms with Crippen molar-refractivity contribution in [2.75, 3.05) is 26.7 Å². The van der Waals surface area contributed by atoms with Crippen LogP contribution in [-0.4, -0.2) is 48.4 Å². The van der Waals surface area contributed by atoms with Crippen molar-refractivity contribution in [2.24, 2.45) is 5.73 Å². The van der Waals surface area contributed by atoms with Crippen LogP contribution in [0.3, 0.4) is 0 Å². The van der Waals surface area contributed by atoms with E-state index in [4.69, 9.17) is 5.73 Å². The Morgan fingerprint density at radius 1 is 1.32 bits per heavy atom. The second kappa shape index (κ2) is 6.34. The molecular formula is C17H26FN3O. The number of primary amides is 1. The number of carbonyl (C=O) groups is 1. The third-order valence-corrected chi connectivity index (χ3v) is 4.29. The molecule has 0 radical (unpaired) electrons. The second-order valence-electron chi connectivity index (χ2n) is 7.23. The largest absolute Gasteiger partial charge is 0.368 e. The van der Waals surface area contributed by atoms with Crippen molar-refractivity contribution in [1.29, 1.82) is 0 Å². The van der Waals surface area contributed by atoms with E-state index < -0.39 is 0 Å². The molecule has 1 aromatic carbocycles. The van der Waals surface area contributed by atoms with Gasteiger partial charge in [-0.05, 0) is 35.7 Å². The van der Waals surface area contributed by atoms with Gasteiger partial charge in [-0.3, -0.25) is 14.6 Å². The smallest absolute Gasteiger partial charge is 0.236 e. The average molecular weight is 307 g/mol. The van der Waals surface area contributed by atoms with Crippen LogP contribution >= 0.6 is 0 Å². The highest BCUT2D eigenvalue weighted by Crippen LogP contribution is 2.25. The molecule has 1 heterocycles. The lowest BCUT2D eigenvalue weighted by Crippen LogP contribution is -2.56. The van der Waals surface area contributed by atoms with Crippen LogP contribution < -0.4 is 5.73 Å². The number of piperazine rings is 1. The molecule has 1 fully saturated rings. The molecule has 5 heteroatoms. The van der Waals surface area contributed by atoms with Gasteiger partial charge in [0.1, 0.15) is 11.9 Å². The van der Waals surface area contributed by atoms with Crippen LogP contribution in [0.2, 0.25) is 0 Å². The number of benzene rings is 1. The van der Waals surface area contributed by atoms with Crippen LogP contribution in [0.1, 0.15) is 31.9 Å². The molecule has 0 bridgehead atoms. The number of hydrogen-bond acceptors (Lipinski definition) is 3. The van der Waals surface area contributed by atoms with Crippen molar-refractivity contribution in [3.63, 3.8) is 0 Å². The zero-order valence-corrected chi connectivity index (χ0v) is 13.9. The van der Waals surface area contributed by atoms with E-state index in [1.165, 1.54) is 0 Å². The summed E-state index contributed by atoms with van der Waals surface area (Å²) in [5.74, 6) is -0.509. The van der Waals surface area contributed by atoms with Crippen LogP contribution in [0, 0.1) is 5.82 Å². The van der Waals surface area contributed by atoms with Gasteiger partial charge in [0.25, 0.3) is 0 Å². The Labute approximate surface area is 132 Å². The molecule has 0 aliphatic carbocycles. The first kappa shape index (κ1) is 16.9. The number of nitrogens with two attached hydrogens (primary N) is 1. The average Bonchev–Trinajstić information content (AvgIpc) is 2.39. The maximum Gasteiger partial charge on any atom is 0.236 e. The number of carbonyl (C=O) groups excluding carboxylic acids is 1. The molecule has 4 nitrogen and oxygen atoms in total. The minimum atomic E-state index is -0.304. The van der Waals surface area contributed by atoms with Crippen LogP contribution in [-0.2, 0) is 16.8 Å². The molecule has 0 saturated carbocycles. The van der Waals surface area contributed by atoms with E-state index in [2.05, 4.69) is 31.7 Å². The number of nitrogens with zero attached hydrogens (tertiary/aromatic N) is 2. The molecule has 1 aromatic rings. The number of amides is 1. The summed E-state index contributed by atoms with van der Waals surface area (Å²) in [6.45, 7) is 9.09. The van der Waals surface area contributed by atoms with Gasteiger partial charge in [0.2, 0.25) is 5.91 Å². The van der Waals surface area contributed by atoms with E-state index in [0.29, 0.717) is 13.1 Å². The lowest BCUT2D eigenvalue weighted by atomic mass is 9.86. The molecule has 1 aliphatic rings. The SMILES string of the molecule is CN1CCN(Cc2cc(F)cc(C(C)(C)C)c2)CC1C(N)=O. The molecular weight excluding hydrogens is 281 g/mol. The van der Waals surface area contributed by atoms with Gasteiger partial charge in [-0.25, -0.2) is 4.39 Å². The summed E-state index contributed by atoms with van der Waals surface area (Å²) in [6, 6.07) is 4.96. The van der Waals surface area contributed by atoms with Crippen molar-refractivity contribution in [3.05, 3.63) is 35.1 Å². The minimum Gasteiger partial charge on any atom is -0.368 e. The Morgan fingerprint density at radius 2 is 2.00 bits per heavy atom. The highest BCUT2D eigenvalue weighted by Gasteiger charge is 2.28. The predicted molar refractivity (Wildman–Crippen MR) is 86.0 cm³/mol. The Hall–Kier alpha value is -1.46.